The van der Waals surface area contributed by atoms with Crippen LogP contribution in [0.25, 0.3) is 0 Å². The van der Waals surface area contributed by atoms with Gasteiger partial charge in [0, 0.05) is 12.6 Å². The van der Waals surface area contributed by atoms with E-state index in [-0.39, 0.29) is 5.91 Å². The molecule has 1 amide bonds. The van der Waals surface area contributed by atoms with E-state index >= 15 is 0 Å². The third kappa shape index (κ3) is 3.38. The summed E-state index contributed by atoms with van der Waals surface area (Å²) in [5.74, 6) is 0.673. The van der Waals surface area contributed by atoms with Gasteiger partial charge in [0.25, 0.3) is 0 Å². The second-order valence-corrected chi connectivity index (χ2v) is 5.65. The van der Waals surface area contributed by atoms with Crippen LogP contribution in [0.15, 0.2) is 23.4 Å². The minimum atomic E-state index is 0.214. The molecule has 2 heterocycles. The monoisotopic (exact) mass is 265 g/mol. The zero-order chi connectivity index (χ0) is 13.0. The predicted octanol–water partition coefficient (Wildman–Crippen LogP) is 2.16. The Balaban J connectivity index is 1.85. The van der Waals surface area contributed by atoms with Crippen molar-refractivity contribution in [1.29, 1.82) is 0 Å². The maximum Gasteiger partial charge on any atom is 0.233 e. The molecule has 1 fully saturated rings. The van der Waals surface area contributed by atoms with E-state index in [0.717, 1.165) is 24.4 Å². The molecule has 0 bridgehead atoms. The molecule has 1 aliphatic rings. The number of thioether (sulfide) groups is 1. The molecule has 0 spiro atoms. The van der Waals surface area contributed by atoms with Crippen LogP contribution in [0.1, 0.15) is 26.2 Å². The van der Waals surface area contributed by atoms with Gasteiger partial charge in [0.2, 0.25) is 5.91 Å². The fourth-order valence-corrected chi connectivity index (χ4v) is 2.89. The summed E-state index contributed by atoms with van der Waals surface area (Å²) in [5.41, 5.74) is 6.22. The van der Waals surface area contributed by atoms with Crippen molar-refractivity contribution in [3.05, 3.63) is 18.3 Å². The number of pyridine rings is 1. The van der Waals surface area contributed by atoms with Gasteiger partial charge < -0.3 is 10.6 Å². The van der Waals surface area contributed by atoms with Crippen LogP contribution in [-0.4, -0.2) is 34.1 Å². The van der Waals surface area contributed by atoms with Crippen LogP contribution in [0, 0.1) is 0 Å². The Hall–Kier alpha value is -1.23. The van der Waals surface area contributed by atoms with Gasteiger partial charge in [-0.15, -0.1) is 0 Å². The SMILES string of the molecule is CC1CCCCN1C(=O)CSc1ccc(N)cn1. The molecule has 2 rings (SSSR count). The lowest BCUT2D eigenvalue weighted by atomic mass is 10.0. The van der Waals surface area contributed by atoms with Crippen molar-refractivity contribution in [1.82, 2.24) is 9.88 Å². The number of hydrogen-bond acceptors (Lipinski definition) is 4. The van der Waals surface area contributed by atoms with Crippen molar-refractivity contribution in [2.75, 3.05) is 18.0 Å². The highest BCUT2D eigenvalue weighted by Gasteiger charge is 2.22. The van der Waals surface area contributed by atoms with Crippen LogP contribution in [0.2, 0.25) is 0 Å². The van der Waals surface area contributed by atoms with Gasteiger partial charge in [0.1, 0.15) is 0 Å². The Morgan fingerprint density at radius 1 is 1.56 bits per heavy atom. The van der Waals surface area contributed by atoms with E-state index < -0.39 is 0 Å². The number of amides is 1. The van der Waals surface area contributed by atoms with Gasteiger partial charge in [0.05, 0.1) is 22.7 Å². The minimum absolute atomic E-state index is 0.214. The molecule has 18 heavy (non-hydrogen) atoms. The number of nitrogens with zero attached hydrogens (tertiary/aromatic N) is 2. The summed E-state index contributed by atoms with van der Waals surface area (Å²) in [7, 11) is 0. The van der Waals surface area contributed by atoms with E-state index in [1.165, 1.54) is 18.2 Å². The third-order valence-electron chi connectivity index (χ3n) is 3.23. The molecule has 98 valence electrons. The van der Waals surface area contributed by atoms with Crippen LogP contribution in [0.5, 0.6) is 0 Å². The van der Waals surface area contributed by atoms with Crippen molar-refractivity contribution in [3.63, 3.8) is 0 Å². The highest BCUT2D eigenvalue weighted by atomic mass is 32.2. The van der Waals surface area contributed by atoms with Crippen molar-refractivity contribution in [3.8, 4) is 0 Å². The number of nitrogens with two attached hydrogens (primary N) is 1. The summed E-state index contributed by atoms with van der Waals surface area (Å²) < 4.78 is 0. The Bertz CT molecular complexity index is 407. The van der Waals surface area contributed by atoms with Gasteiger partial charge in [-0.3, -0.25) is 4.79 Å². The van der Waals surface area contributed by atoms with E-state index in [1.807, 2.05) is 17.0 Å². The van der Waals surface area contributed by atoms with Crippen molar-refractivity contribution >= 4 is 23.4 Å². The Morgan fingerprint density at radius 3 is 3.06 bits per heavy atom. The van der Waals surface area contributed by atoms with Crippen LogP contribution < -0.4 is 5.73 Å². The van der Waals surface area contributed by atoms with E-state index in [1.54, 1.807) is 6.20 Å². The lowest BCUT2D eigenvalue weighted by Crippen LogP contribution is -2.42. The molecule has 2 N–H and O–H groups in total. The molecular formula is C13H19N3OS. The normalized spacial score (nSPS) is 19.8. The van der Waals surface area contributed by atoms with Gasteiger partial charge in [-0.2, -0.15) is 0 Å². The molecule has 0 saturated carbocycles. The lowest BCUT2D eigenvalue weighted by Gasteiger charge is -2.33. The Labute approximate surface area is 112 Å². The molecule has 0 radical (unpaired) electrons. The number of anilines is 1. The fourth-order valence-electron chi connectivity index (χ4n) is 2.16. The molecule has 1 saturated heterocycles. The summed E-state index contributed by atoms with van der Waals surface area (Å²) in [6.07, 6.45) is 5.10. The standard InChI is InChI=1S/C13H19N3OS/c1-10-4-2-3-7-16(10)13(17)9-18-12-6-5-11(14)8-15-12/h5-6,8,10H,2-4,7,9,14H2,1H3. The maximum absolute atomic E-state index is 12.1. The van der Waals surface area contributed by atoms with Crippen molar-refractivity contribution in [2.45, 2.75) is 37.3 Å². The quantitative estimate of drug-likeness (QED) is 0.851. The second kappa shape index (κ2) is 6.09. The molecule has 1 atom stereocenters. The van der Waals surface area contributed by atoms with E-state index in [9.17, 15) is 4.79 Å². The van der Waals surface area contributed by atoms with Crippen LogP contribution in [0.3, 0.4) is 0 Å². The van der Waals surface area contributed by atoms with E-state index in [0.29, 0.717) is 17.5 Å². The Morgan fingerprint density at radius 2 is 2.39 bits per heavy atom. The summed E-state index contributed by atoms with van der Waals surface area (Å²) in [6.45, 7) is 3.03. The molecule has 1 aromatic heterocycles. The summed E-state index contributed by atoms with van der Waals surface area (Å²) in [5, 5.41) is 0.849. The molecule has 1 aliphatic heterocycles. The topological polar surface area (TPSA) is 59.2 Å². The second-order valence-electron chi connectivity index (χ2n) is 4.65. The maximum atomic E-state index is 12.1. The van der Waals surface area contributed by atoms with Gasteiger partial charge >= 0.3 is 0 Å². The van der Waals surface area contributed by atoms with Crippen LogP contribution in [0.4, 0.5) is 5.69 Å². The van der Waals surface area contributed by atoms with Gasteiger partial charge in [-0.1, -0.05) is 11.8 Å². The van der Waals surface area contributed by atoms with Gasteiger partial charge in [-0.05, 0) is 38.3 Å². The van der Waals surface area contributed by atoms with Crippen molar-refractivity contribution < 1.29 is 4.79 Å². The number of hydrogen-bond donors (Lipinski definition) is 1. The number of nitrogen functional groups attached to an aromatic ring is 1. The number of carbonyl (C=O) groups excluding carboxylic acids is 1. The highest BCUT2D eigenvalue weighted by molar-refractivity contribution is 7.99. The van der Waals surface area contributed by atoms with E-state index in [4.69, 9.17) is 5.73 Å². The highest BCUT2D eigenvalue weighted by Crippen LogP contribution is 2.20. The van der Waals surface area contributed by atoms with Gasteiger partial charge in [-0.25, -0.2) is 4.98 Å². The summed E-state index contributed by atoms with van der Waals surface area (Å²) in [4.78, 5) is 18.3. The average Bonchev–Trinajstić information content (AvgIpc) is 2.38. The minimum Gasteiger partial charge on any atom is -0.397 e. The smallest absolute Gasteiger partial charge is 0.233 e. The van der Waals surface area contributed by atoms with Crippen molar-refractivity contribution in [2.24, 2.45) is 0 Å². The number of rotatable bonds is 3. The Kier molecular flexibility index (Phi) is 4.47. The average molecular weight is 265 g/mol. The summed E-state index contributed by atoms with van der Waals surface area (Å²) in [6, 6.07) is 4.04. The van der Waals surface area contributed by atoms with E-state index in [2.05, 4.69) is 11.9 Å². The van der Waals surface area contributed by atoms with Crippen LogP contribution >= 0.6 is 11.8 Å². The number of piperidine rings is 1. The van der Waals surface area contributed by atoms with Gasteiger partial charge in [0.15, 0.2) is 0 Å². The first-order valence-corrected chi connectivity index (χ1v) is 7.29. The molecule has 5 heteroatoms. The molecule has 1 aromatic rings. The fraction of sp³-hybridized carbons (Fsp3) is 0.538. The zero-order valence-electron chi connectivity index (χ0n) is 10.6. The molecule has 4 nitrogen and oxygen atoms in total. The first-order chi connectivity index (χ1) is 8.66. The van der Waals surface area contributed by atoms with Crippen LogP contribution in [-0.2, 0) is 4.79 Å². The predicted molar refractivity (Wildman–Crippen MR) is 74.4 cm³/mol. The lowest BCUT2D eigenvalue weighted by molar-refractivity contribution is -0.131. The number of carbonyl (C=O) groups is 1. The first kappa shape index (κ1) is 13.2. The largest absolute Gasteiger partial charge is 0.397 e. The number of likely N-dealkylation sites (tertiary alicyclic amines) is 1. The molecule has 0 aliphatic carbocycles. The first-order valence-electron chi connectivity index (χ1n) is 6.30. The number of aromatic nitrogens is 1. The molecule has 1 unspecified atom stereocenters. The third-order valence-corrected chi connectivity index (χ3v) is 4.15. The summed E-state index contributed by atoms with van der Waals surface area (Å²) >= 11 is 1.48. The molecular weight excluding hydrogens is 246 g/mol. The zero-order valence-corrected chi connectivity index (χ0v) is 11.4. The molecule has 0 aromatic carbocycles.